The summed E-state index contributed by atoms with van der Waals surface area (Å²) in [4.78, 5) is 28.4. The molecule has 1 saturated carbocycles. The lowest BCUT2D eigenvalue weighted by atomic mass is 9.98. The van der Waals surface area contributed by atoms with E-state index in [4.69, 9.17) is 0 Å². The number of amides is 1. The number of nitrogens with zero attached hydrogens (tertiary/aromatic N) is 5. The van der Waals surface area contributed by atoms with Crippen LogP contribution in [0.5, 0.6) is 0 Å². The molecule has 1 aliphatic heterocycles. The van der Waals surface area contributed by atoms with Gasteiger partial charge in [0, 0.05) is 18.1 Å². The Hall–Kier alpha value is -2.35. The second-order valence-corrected chi connectivity index (χ2v) is 9.91. The SMILES string of the molecule is C[C@@H]1CCC[C@H](C)N1C(=O)CSc1nnc2n(C3CCCC3)c(=O)c3ccccc3n12. The Kier molecular flexibility index (Phi) is 5.50. The van der Waals surface area contributed by atoms with E-state index in [0.717, 1.165) is 44.0 Å². The fraction of sp³-hybridized carbons (Fsp3) is 0.565. The van der Waals surface area contributed by atoms with Gasteiger partial charge in [0.05, 0.1) is 16.7 Å². The number of hydrogen-bond donors (Lipinski definition) is 0. The molecule has 2 atom stereocenters. The van der Waals surface area contributed by atoms with Gasteiger partial charge in [-0.15, -0.1) is 10.2 Å². The molecule has 164 valence electrons. The molecule has 7 nitrogen and oxygen atoms in total. The van der Waals surface area contributed by atoms with Crippen molar-refractivity contribution < 1.29 is 4.79 Å². The molecule has 1 amide bonds. The van der Waals surface area contributed by atoms with Gasteiger partial charge in [-0.2, -0.15) is 0 Å². The maximum absolute atomic E-state index is 13.3. The first-order valence-corrected chi connectivity index (χ1v) is 12.4. The van der Waals surface area contributed by atoms with Crippen LogP contribution in [0.1, 0.15) is 64.8 Å². The number of hydrogen-bond acceptors (Lipinski definition) is 5. The van der Waals surface area contributed by atoms with E-state index in [1.54, 1.807) is 0 Å². The summed E-state index contributed by atoms with van der Waals surface area (Å²) in [6, 6.07) is 8.36. The minimum Gasteiger partial charge on any atom is -0.337 e. The standard InChI is InChI=1S/C23H29N5O2S/c1-15-8-7-9-16(2)26(15)20(29)14-31-23-25-24-22-27(17-10-3-4-11-17)21(30)18-12-5-6-13-19(18)28(22)23/h5-6,12-13,15-17H,3-4,7-11,14H2,1-2H3/t15-,16+. The summed E-state index contributed by atoms with van der Waals surface area (Å²) in [5.41, 5.74) is 0.808. The predicted molar refractivity (Wildman–Crippen MR) is 123 cm³/mol. The molecule has 2 fully saturated rings. The van der Waals surface area contributed by atoms with Crippen molar-refractivity contribution in [3.63, 3.8) is 0 Å². The molecule has 1 saturated heterocycles. The average molecular weight is 440 g/mol. The highest BCUT2D eigenvalue weighted by Gasteiger charge is 2.30. The number of benzene rings is 1. The van der Waals surface area contributed by atoms with Crippen LogP contribution < -0.4 is 5.56 Å². The van der Waals surface area contributed by atoms with Gasteiger partial charge < -0.3 is 4.90 Å². The van der Waals surface area contributed by atoms with E-state index >= 15 is 0 Å². The number of fused-ring (bicyclic) bond motifs is 3. The third-order valence-electron chi connectivity index (χ3n) is 6.92. The number of aromatic nitrogens is 4. The molecule has 3 heterocycles. The van der Waals surface area contributed by atoms with Crippen molar-refractivity contribution >= 4 is 34.3 Å². The fourth-order valence-corrected chi connectivity index (χ4v) is 6.21. The highest BCUT2D eigenvalue weighted by Crippen LogP contribution is 2.32. The first kappa shape index (κ1) is 20.5. The average Bonchev–Trinajstić information content (AvgIpc) is 3.43. The summed E-state index contributed by atoms with van der Waals surface area (Å²) in [6.45, 7) is 4.27. The molecule has 1 aliphatic carbocycles. The molecule has 0 radical (unpaired) electrons. The van der Waals surface area contributed by atoms with Crippen LogP contribution in [0, 0.1) is 0 Å². The molecule has 2 aromatic heterocycles. The normalized spacial score (nSPS) is 22.6. The molecule has 0 unspecified atom stereocenters. The van der Waals surface area contributed by atoms with Crippen molar-refractivity contribution in [3.8, 4) is 0 Å². The smallest absolute Gasteiger partial charge is 0.263 e. The van der Waals surface area contributed by atoms with Crippen LogP contribution in [0.25, 0.3) is 16.7 Å². The third-order valence-corrected chi connectivity index (χ3v) is 7.84. The van der Waals surface area contributed by atoms with Crippen LogP contribution in [0.3, 0.4) is 0 Å². The zero-order valence-electron chi connectivity index (χ0n) is 18.2. The predicted octanol–water partition coefficient (Wildman–Crippen LogP) is 4.04. The highest BCUT2D eigenvalue weighted by molar-refractivity contribution is 7.99. The van der Waals surface area contributed by atoms with Gasteiger partial charge in [-0.25, -0.2) is 0 Å². The van der Waals surface area contributed by atoms with E-state index in [1.807, 2.05) is 38.1 Å². The molecule has 3 aromatic rings. The molecule has 2 aliphatic rings. The van der Waals surface area contributed by atoms with Gasteiger partial charge in [-0.05, 0) is 58.1 Å². The molecule has 1 aromatic carbocycles. The first-order chi connectivity index (χ1) is 15.1. The number of rotatable bonds is 4. The molecule has 8 heteroatoms. The Morgan fingerprint density at radius 1 is 1.03 bits per heavy atom. The molecule has 0 N–H and O–H groups in total. The van der Waals surface area contributed by atoms with E-state index in [9.17, 15) is 9.59 Å². The summed E-state index contributed by atoms with van der Waals surface area (Å²) < 4.78 is 3.80. The van der Waals surface area contributed by atoms with E-state index < -0.39 is 0 Å². The fourth-order valence-electron chi connectivity index (χ4n) is 5.40. The van der Waals surface area contributed by atoms with Crippen LogP contribution in [0.4, 0.5) is 0 Å². The number of para-hydroxylation sites is 1. The van der Waals surface area contributed by atoms with Crippen molar-refractivity contribution in [2.75, 3.05) is 5.75 Å². The molecule has 5 rings (SSSR count). The van der Waals surface area contributed by atoms with Crippen molar-refractivity contribution in [2.24, 2.45) is 0 Å². The topological polar surface area (TPSA) is 72.5 Å². The lowest BCUT2D eigenvalue weighted by molar-refractivity contribution is -0.134. The zero-order chi connectivity index (χ0) is 21.5. The second kappa shape index (κ2) is 8.30. The lowest BCUT2D eigenvalue weighted by Crippen LogP contribution is -2.48. The number of carbonyl (C=O) groups is 1. The Morgan fingerprint density at radius 3 is 2.48 bits per heavy atom. The molecular formula is C23H29N5O2S. The third kappa shape index (κ3) is 3.54. The summed E-state index contributed by atoms with van der Waals surface area (Å²) in [5.74, 6) is 1.06. The maximum atomic E-state index is 13.3. The lowest BCUT2D eigenvalue weighted by Gasteiger charge is -2.39. The Labute approximate surface area is 185 Å². The van der Waals surface area contributed by atoms with Gasteiger partial charge in [0.25, 0.3) is 5.56 Å². The van der Waals surface area contributed by atoms with E-state index in [2.05, 4.69) is 24.0 Å². The van der Waals surface area contributed by atoms with Gasteiger partial charge in [0.1, 0.15) is 0 Å². The van der Waals surface area contributed by atoms with Crippen LogP contribution in [-0.4, -0.2) is 47.8 Å². The van der Waals surface area contributed by atoms with Gasteiger partial charge in [-0.3, -0.25) is 18.6 Å². The van der Waals surface area contributed by atoms with Crippen molar-refractivity contribution in [1.29, 1.82) is 0 Å². The Morgan fingerprint density at radius 2 is 1.74 bits per heavy atom. The number of thioether (sulfide) groups is 1. The summed E-state index contributed by atoms with van der Waals surface area (Å²) in [7, 11) is 0. The maximum Gasteiger partial charge on any atom is 0.263 e. The van der Waals surface area contributed by atoms with Crippen molar-refractivity contribution in [3.05, 3.63) is 34.6 Å². The highest BCUT2D eigenvalue weighted by atomic mass is 32.2. The minimum absolute atomic E-state index is 0.00555. The van der Waals surface area contributed by atoms with Gasteiger partial charge in [-0.1, -0.05) is 36.7 Å². The molecular weight excluding hydrogens is 410 g/mol. The molecule has 0 spiro atoms. The Balaban J connectivity index is 1.53. The number of piperidine rings is 1. The number of carbonyl (C=O) groups excluding carboxylic acids is 1. The van der Waals surface area contributed by atoms with E-state index in [-0.39, 0.29) is 29.6 Å². The quantitative estimate of drug-likeness (QED) is 0.574. The van der Waals surface area contributed by atoms with Crippen molar-refractivity contribution in [2.45, 2.75) is 82.1 Å². The summed E-state index contributed by atoms with van der Waals surface area (Å²) >= 11 is 1.42. The molecule has 31 heavy (non-hydrogen) atoms. The minimum atomic E-state index is 0.00555. The largest absolute Gasteiger partial charge is 0.337 e. The van der Waals surface area contributed by atoms with Crippen LogP contribution in [-0.2, 0) is 4.79 Å². The molecule has 0 bridgehead atoms. The Bertz CT molecular complexity index is 1170. The summed E-state index contributed by atoms with van der Waals surface area (Å²) in [6.07, 6.45) is 7.55. The van der Waals surface area contributed by atoms with E-state index in [1.165, 1.54) is 18.2 Å². The second-order valence-electron chi connectivity index (χ2n) is 8.97. The van der Waals surface area contributed by atoms with Crippen LogP contribution >= 0.6 is 11.8 Å². The zero-order valence-corrected chi connectivity index (χ0v) is 19.0. The van der Waals surface area contributed by atoms with Gasteiger partial charge in [0.15, 0.2) is 5.16 Å². The van der Waals surface area contributed by atoms with E-state index in [0.29, 0.717) is 22.1 Å². The first-order valence-electron chi connectivity index (χ1n) is 11.4. The van der Waals surface area contributed by atoms with Crippen LogP contribution in [0.2, 0.25) is 0 Å². The van der Waals surface area contributed by atoms with Gasteiger partial charge >= 0.3 is 0 Å². The van der Waals surface area contributed by atoms with Gasteiger partial charge in [0.2, 0.25) is 11.7 Å². The number of likely N-dealkylation sites (tertiary alicyclic amines) is 1. The van der Waals surface area contributed by atoms with Crippen molar-refractivity contribution in [1.82, 2.24) is 24.1 Å². The van der Waals surface area contributed by atoms with Crippen LogP contribution in [0.15, 0.2) is 34.2 Å². The summed E-state index contributed by atoms with van der Waals surface area (Å²) in [5, 5.41) is 10.2. The monoisotopic (exact) mass is 439 g/mol.